The summed E-state index contributed by atoms with van der Waals surface area (Å²) in [4.78, 5) is 16.7. The van der Waals surface area contributed by atoms with Crippen LogP contribution in [0.2, 0.25) is 0 Å². The van der Waals surface area contributed by atoms with E-state index in [0.29, 0.717) is 23.7 Å². The highest BCUT2D eigenvalue weighted by molar-refractivity contribution is 7.92. The van der Waals surface area contributed by atoms with Crippen molar-refractivity contribution in [3.63, 3.8) is 0 Å². The average Bonchev–Trinajstić information content (AvgIpc) is 2.72. The fourth-order valence-electron chi connectivity index (χ4n) is 2.73. The average molecular weight is 426 g/mol. The van der Waals surface area contributed by atoms with Crippen LogP contribution in [0.4, 0.5) is 5.69 Å². The summed E-state index contributed by atoms with van der Waals surface area (Å²) in [5, 5.41) is 2.83. The summed E-state index contributed by atoms with van der Waals surface area (Å²) in [6, 6.07) is 18.2. The molecule has 0 aliphatic carbocycles. The van der Waals surface area contributed by atoms with Gasteiger partial charge in [-0.25, -0.2) is 13.4 Å². The van der Waals surface area contributed by atoms with Gasteiger partial charge in [0.15, 0.2) is 0 Å². The van der Waals surface area contributed by atoms with E-state index in [1.54, 1.807) is 37.4 Å². The van der Waals surface area contributed by atoms with Crippen molar-refractivity contribution in [2.24, 2.45) is 0 Å². The minimum Gasteiger partial charge on any atom is -0.473 e. The van der Waals surface area contributed by atoms with Gasteiger partial charge in [-0.2, -0.15) is 0 Å². The van der Waals surface area contributed by atoms with Crippen molar-refractivity contribution in [3.8, 4) is 5.88 Å². The molecule has 0 bridgehead atoms. The monoisotopic (exact) mass is 425 g/mol. The topological polar surface area (TPSA) is 97.4 Å². The van der Waals surface area contributed by atoms with Crippen molar-refractivity contribution in [2.75, 3.05) is 11.0 Å². The van der Waals surface area contributed by atoms with E-state index < -0.39 is 10.0 Å². The first kappa shape index (κ1) is 21.3. The molecule has 0 saturated carbocycles. The summed E-state index contributed by atoms with van der Waals surface area (Å²) in [5.41, 5.74) is 3.34. The van der Waals surface area contributed by atoms with Crippen molar-refractivity contribution < 1.29 is 17.9 Å². The van der Waals surface area contributed by atoms with Gasteiger partial charge in [0.05, 0.1) is 11.9 Å². The Bertz CT molecular complexity index is 1130. The lowest BCUT2D eigenvalue weighted by molar-refractivity contribution is 0.0951. The van der Waals surface area contributed by atoms with Gasteiger partial charge in [0.25, 0.3) is 5.91 Å². The summed E-state index contributed by atoms with van der Waals surface area (Å²) in [5.74, 6) is 0.163. The molecule has 2 N–H and O–H groups in total. The van der Waals surface area contributed by atoms with E-state index in [9.17, 15) is 13.2 Å². The highest BCUT2D eigenvalue weighted by Crippen LogP contribution is 2.18. The molecule has 8 heteroatoms. The lowest BCUT2D eigenvalue weighted by atomic mass is 10.1. The summed E-state index contributed by atoms with van der Waals surface area (Å²) < 4.78 is 31.1. The third kappa shape index (κ3) is 6.31. The zero-order valence-electron chi connectivity index (χ0n) is 16.8. The number of nitrogens with one attached hydrogen (secondary N) is 2. The van der Waals surface area contributed by atoms with Gasteiger partial charge in [0.2, 0.25) is 15.9 Å². The fraction of sp³-hybridized carbons (Fsp3) is 0.182. The Hall–Kier alpha value is -3.39. The quantitative estimate of drug-likeness (QED) is 0.577. The molecule has 0 atom stereocenters. The number of aromatic nitrogens is 1. The Morgan fingerprint density at radius 2 is 1.80 bits per heavy atom. The van der Waals surface area contributed by atoms with Crippen LogP contribution in [0, 0.1) is 6.92 Å². The van der Waals surface area contributed by atoms with Crippen LogP contribution in [0.15, 0.2) is 66.9 Å². The van der Waals surface area contributed by atoms with Gasteiger partial charge >= 0.3 is 0 Å². The molecule has 0 radical (unpaired) electrons. The Morgan fingerprint density at radius 1 is 1.03 bits per heavy atom. The molecule has 3 rings (SSSR count). The van der Waals surface area contributed by atoms with Gasteiger partial charge in [0.1, 0.15) is 6.61 Å². The molecule has 0 fully saturated rings. The van der Waals surface area contributed by atoms with E-state index in [-0.39, 0.29) is 12.5 Å². The maximum Gasteiger partial charge on any atom is 0.251 e. The lowest BCUT2D eigenvalue weighted by Crippen LogP contribution is -2.23. The number of sulfonamides is 1. The molecular formula is C22H23N3O4S. The summed E-state index contributed by atoms with van der Waals surface area (Å²) in [6.45, 7) is 2.46. The van der Waals surface area contributed by atoms with Crippen LogP contribution in [-0.4, -0.2) is 25.6 Å². The Kier molecular flexibility index (Phi) is 6.68. The molecule has 0 unspecified atom stereocenters. The minimum absolute atomic E-state index is 0.283. The number of amides is 1. The predicted octanol–water partition coefficient (Wildman–Crippen LogP) is 3.27. The van der Waals surface area contributed by atoms with Gasteiger partial charge in [-0.15, -0.1) is 0 Å². The van der Waals surface area contributed by atoms with Gasteiger partial charge in [-0.05, 0) is 41.8 Å². The maximum absolute atomic E-state index is 12.5. The van der Waals surface area contributed by atoms with Gasteiger partial charge in [0, 0.05) is 24.4 Å². The minimum atomic E-state index is -3.43. The Balaban J connectivity index is 1.61. The van der Waals surface area contributed by atoms with Crippen molar-refractivity contribution in [1.29, 1.82) is 0 Å². The number of carbonyl (C=O) groups is 1. The van der Waals surface area contributed by atoms with Crippen LogP contribution < -0.4 is 14.8 Å². The normalized spacial score (nSPS) is 11.0. The summed E-state index contributed by atoms with van der Waals surface area (Å²) in [6.07, 6.45) is 2.70. The molecule has 0 spiro atoms. The first-order chi connectivity index (χ1) is 14.3. The second-order valence-corrected chi connectivity index (χ2v) is 8.61. The molecule has 0 aliphatic rings. The van der Waals surface area contributed by atoms with Crippen molar-refractivity contribution in [3.05, 3.63) is 89.1 Å². The zero-order chi connectivity index (χ0) is 21.6. The van der Waals surface area contributed by atoms with E-state index in [2.05, 4.69) is 15.0 Å². The number of anilines is 1. The van der Waals surface area contributed by atoms with E-state index in [1.807, 2.05) is 30.3 Å². The molecule has 1 amide bonds. The van der Waals surface area contributed by atoms with Crippen LogP contribution in [-0.2, 0) is 23.2 Å². The van der Waals surface area contributed by atoms with Crippen molar-refractivity contribution >= 4 is 21.6 Å². The zero-order valence-corrected chi connectivity index (χ0v) is 17.6. The van der Waals surface area contributed by atoms with Gasteiger partial charge < -0.3 is 10.1 Å². The standard InChI is InChI=1S/C22H23N3O4S/c1-16-8-9-19(13-20(16)25-30(2,27)28)22(26)24-14-18-10-11-23-21(12-18)29-15-17-6-4-3-5-7-17/h3-13,25H,14-15H2,1-2H3,(H,24,26). The molecule has 0 aliphatic heterocycles. The Morgan fingerprint density at radius 3 is 2.53 bits per heavy atom. The smallest absolute Gasteiger partial charge is 0.251 e. The molecule has 1 aromatic heterocycles. The third-order valence-corrected chi connectivity index (χ3v) is 4.87. The van der Waals surface area contributed by atoms with Crippen LogP contribution in [0.1, 0.15) is 27.0 Å². The molecule has 156 valence electrons. The molecule has 30 heavy (non-hydrogen) atoms. The Labute approximate surface area is 176 Å². The van der Waals surface area contributed by atoms with E-state index in [4.69, 9.17) is 4.74 Å². The van der Waals surface area contributed by atoms with Crippen LogP contribution in [0.3, 0.4) is 0 Å². The van der Waals surface area contributed by atoms with E-state index in [0.717, 1.165) is 22.9 Å². The second-order valence-electron chi connectivity index (χ2n) is 6.86. The second kappa shape index (κ2) is 9.41. The lowest BCUT2D eigenvalue weighted by Gasteiger charge is -2.11. The maximum atomic E-state index is 12.5. The largest absolute Gasteiger partial charge is 0.473 e. The predicted molar refractivity (Wildman–Crippen MR) is 116 cm³/mol. The van der Waals surface area contributed by atoms with Crippen LogP contribution >= 0.6 is 0 Å². The molecule has 3 aromatic rings. The number of pyridine rings is 1. The van der Waals surface area contributed by atoms with E-state index in [1.165, 1.54) is 6.07 Å². The van der Waals surface area contributed by atoms with E-state index >= 15 is 0 Å². The number of hydrogen-bond acceptors (Lipinski definition) is 5. The molecule has 0 saturated heterocycles. The van der Waals surface area contributed by atoms with Gasteiger partial charge in [-0.1, -0.05) is 36.4 Å². The molecule has 7 nitrogen and oxygen atoms in total. The molecule has 2 aromatic carbocycles. The highest BCUT2D eigenvalue weighted by atomic mass is 32.2. The number of carbonyl (C=O) groups excluding carboxylic acids is 1. The SMILES string of the molecule is Cc1ccc(C(=O)NCc2ccnc(OCc3ccccc3)c2)cc1NS(C)(=O)=O. The first-order valence-electron chi connectivity index (χ1n) is 9.28. The number of aryl methyl sites for hydroxylation is 1. The number of hydrogen-bond donors (Lipinski definition) is 2. The third-order valence-electron chi connectivity index (χ3n) is 4.28. The van der Waals surface area contributed by atoms with Gasteiger partial charge in [-0.3, -0.25) is 9.52 Å². The highest BCUT2D eigenvalue weighted by Gasteiger charge is 2.11. The van der Waals surface area contributed by atoms with Crippen molar-refractivity contribution in [1.82, 2.24) is 10.3 Å². The van der Waals surface area contributed by atoms with Crippen molar-refractivity contribution in [2.45, 2.75) is 20.1 Å². The number of nitrogens with zero attached hydrogens (tertiary/aromatic N) is 1. The number of benzene rings is 2. The molecular weight excluding hydrogens is 402 g/mol. The molecule has 1 heterocycles. The fourth-order valence-corrected chi connectivity index (χ4v) is 3.35. The number of ether oxygens (including phenoxy) is 1. The summed E-state index contributed by atoms with van der Waals surface area (Å²) >= 11 is 0. The van der Waals surface area contributed by atoms with Crippen LogP contribution in [0.25, 0.3) is 0 Å². The number of rotatable bonds is 8. The summed E-state index contributed by atoms with van der Waals surface area (Å²) in [7, 11) is -3.43. The first-order valence-corrected chi connectivity index (χ1v) is 11.2. The van der Waals surface area contributed by atoms with Crippen LogP contribution in [0.5, 0.6) is 5.88 Å².